The highest BCUT2D eigenvalue weighted by molar-refractivity contribution is 6.32. The predicted octanol–water partition coefficient (Wildman–Crippen LogP) is 1.92. The van der Waals surface area contributed by atoms with Crippen LogP contribution in [0.5, 0.6) is 0 Å². The maximum Gasteiger partial charge on any atom is 0.156 e. The van der Waals surface area contributed by atoms with E-state index >= 15 is 0 Å². The highest BCUT2D eigenvalue weighted by atomic mass is 35.5. The average molecular weight is 256 g/mol. The molecular weight excluding hydrogens is 242 g/mol. The van der Waals surface area contributed by atoms with Crippen molar-refractivity contribution in [1.82, 2.24) is 9.97 Å². The van der Waals surface area contributed by atoms with Crippen LogP contribution < -0.4 is 5.32 Å². The van der Waals surface area contributed by atoms with Gasteiger partial charge >= 0.3 is 0 Å². The normalized spacial score (nSPS) is 19.9. The largest absolute Gasteiger partial charge is 0.376 e. The van der Waals surface area contributed by atoms with E-state index in [-0.39, 0.29) is 11.3 Å². The number of nitrogens with one attached hydrogen (secondary N) is 1. The zero-order chi connectivity index (χ0) is 12.1. The van der Waals surface area contributed by atoms with Crippen molar-refractivity contribution in [3.05, 3.63) is 17.0 Å². The predicted molar refractivity (Wildman–Crippen MR) is 64.5 cm³/mol. The van der Waals surface area contributed by atoms with Crippen LogP contribution in [0, 0.1) is 0 Å². The molecule has 1 aromatic rings. The van der Waals surface area contributed by atoms with Crippen LogP contribution in [0.3, 0.4) is 0 Å². The lowest BCUT2D eigenvalue weighted by molar-refractivity contribution is 0.0247. The van der Waals surface area contributed by atoms with E-state index in [4.69, 9.17) is 16.3 Å². The SMILES string of the molecule is O=Cc1c(Cl)ncnc1NCC1CCCCO1. The van der Waals surface area contributed by atoms with Crippen LogP contribution in [-0.4, -0.2) is 35.5 Å². The number of carbonyl (C=O) groups is 1. The monoisotopic (exact) mass is 255 g/mol. The molecule has 1 aromatic heterocycles. The summed E-state index contributed by atoms with van der Waals surface area (Å²) in [6.45, 7) is 1.44. The highest BCUT2D eigenvalue weighted by Gasteiger charge is 2.15. The smallest absolute Gasteiger partial charge is 0.156 e. The quantitative estimate of drug-likeness (QED) is 0.658. The third-order valence-electron chi connectivity index (χ3n) is 2.72. The molecule has 0 aromatic carbocycles. The van der Waals surface area contributed by atoms with Gasteiger partial charge in [0.25, 0.3) is 0 Å². The number of rotatable bonds is 4. The highest BCUT2D eigenvalue weighted by Crippen LogP contribution is 2.18. The van der Waals surface area contributed by atoms with Crippen molar-refractivity contribution in [3.63, 3.8) is 0 Å². The van der Waals surface area contributed by atoms with Crippen molar-refractivity contribution >= 4 is 23.7 Å². The number of halogens is 1. The van der Waals surface area contributed by atoms with Crippen molar-refractivity contribution in [3.8, 4) is 0 Å². The molecule has 0 saturated carbocycles. The van der Waals surface area contributed by atoms with Gasteiger partial charge in [-0.3, -0.25) is 4.79 Å². The maximum absolute atomic E-state index is 10.9. The van der Waals surface area contributed by atoms with E-state index in [2.05, 4.69) is 15.3 Å². The minimum atomic E-state index is 0.169. The molecule has 0 radical (unpaired) electrons. The van der Waals surface area contributed by atoms with Gasteiger partial charge < -0.3 is 10.1 Å². The Morgan fingerprint density at radius 3 is 3.12 bits per heavy atom. The fourth-order valence-electron chi connectivity index (χ4n) is 1.80. The van der Waals surface area contributed by atoms with Crippen molar-refractivity contribution in [1.29, 1.82) is 0 Å². The Balaban J connectivity index is 1.98. The van der Waals surface area contributed by atoms with E-state index < -0.39 is 0 Å². The van der Waals surface area contributed by atoms with Gasteiger partial charge in [0, 0.05) is 13.2 Å². The van der Waals surface area contributed by atoms with Gasteiger partial charge in [-0.15, -0.1) is 0 Å². The Morgan fingerprint density at radius 1 is 1.53 bits per heavy atom. The second kappa shape index (κ2) is 5.93. The lowest BCUT2D eigenvalue weighted by Gasteiger charge is -2.23. The summed E-state index contributed by atoms with van der Waals surface area (Å²) in [6.07, 6.45) is 5.50. The van der Waals surface area contributed by atoms with Gasteiger partial charge in [0.2, 0.25) is 0 Å². The Labute approximate surface area is 105 Å². The number of anilines is 1. The van der Waals surface area contributed by atoms with Gasteiger partial charge in [0.15, 0.2) is 6.29 Å². The fraction of sp³-hybridized carbons (Fsp3) is 0.545. The first-order valence-electron chi connectivity index (χ1n) is 5.62. The van der Waals surface area contributed by atoms with E-state index in [0.717, 1.165) is 19.4 Å². The number of aromatic nitrogens is 2. The van der Waals surface area contributed by atoms with Gasteiger partial charge in [-0.2, -0.15) is 0 Å². The maximum atomic E-state index is 10.9. The molecule has 1 atom stereocenters. The number of hydrogen-bond acceptors (Lipinski definition) is 5. The molecule has 1 N–H and O–H groups in total. The molecule has 2 rings (SSSR count). The first kappa shape index (κ1) is 12.3. The lowest BCUT2D eigenvalue weighted by atomic mass is 10.1. The van der Waals surface area contributed by atoms with Gasteiger partial charge in [-0.25, -0.2) is 9.97 Å². The zero-order valence-corrected chi connectivity index (χ0v) is 10.1. The molecule has 0 aliphatic carbocycles. The number of hydrogen-bond donors (Lipinski definition) is 1. The summed E-state index contributed by atoms with van der Waals surface area (Å²) in [7, 11) is 0. The fourth-order valence-corrected chi connectivity index (χ4v) is 1.98. The summed E-state index contributed by atoms with van der Waals surface area (Å²) in [6, 6.07) is 0. The van der Waals surface area contributed by atoms with Crippen molar-refractivity contribution < 1.29 is 9.53 Å². The molecule has 0 amide bonds. The van der Waals surface area contributed by atoms with Crippen LogP contribution in [0.1, 0.15) is 29.6 Å². The molecule has 1 unspecified atom stereocenters. The minimum absolute atomic E-state index is 0.169. The Morgan fingerprint density at radius 2 is 2.41 bits per heavy atom. The van der Waals surface area contributed by atoms with Gasteiger partial charge in [-0.05, 0) is 19.3 Å². The molecule has 1 aliphatic rings. The summed E-state index contributed by atoms with van der Waals surface area (Å²) < 4.78 is 5.58. The minimum Gasteiger partial charge on any atom is -0.376 e. The van der Waals surface area contributed by atoms with Crippen molar-refractivity contribution in [2.75, 3.05) is 18.5 Å². The number of ether oxygens (including phenoxy) is 1. The third-order valence-corrected chi connectivity index (χ3v) is 3.03. The van der Waals surface area contributed by atoms with Crippen LogP contribution in [0.2, 0.25) is 5.15 Å². The first-order chi connectivity index (χ1) is 8.31. The Kier molecular flexibility index (Phi) is 4.28. The van der Waals surface area contributed by atoms with Crippen LogP contribution >= 0.6 is 11.6 Å². The van der Waals surface area contributed by atoms with Crippen LogP contribution in [-0.2, 0) is 4.74 Å². The molecule has 6 heteroatoms. The molecule has 1 aliphatic heterocycles. The van der Waals surface area contributed by atoms with Crippen LogP contribution in [0.4, 0.5) is 5.82 Å². The van der Waals surface area contributed by atoms with Crippen molar-refractivity contribution in [2.24, 2.45) is 0 Å². The molecule has 1 fully saturated rings. The average Bonchev–Trinajstić information content (AvgIpc) is 2.37. The Hall–Kier alpha value is -1.20. The molecule has 0 bridgehead atoms. The molecule has 92 valence electrons. The molecule has 1 saturated heterocycles. The third kappa shape index (κ3) is 3.14. The number of nitrogens with zero attached hydrogens (tertiary/aromatic N) is 2. The second-order valence-electron chi connectivity index (χ2n) is 3.91. The Bertz CT molecular complexity index is 394. The first-order valence-corrected chi connectivity index (χ1v) is 6.00. The van der Waals surface area contributed by atoms with Gasteiger partial charge in [0.1, 0.15) is 17.3 Å². The molecule has 17 heavy (non-hydrogen) atoms. The summed E-state index contributed by atoms with van der Waals surface area (Å²) in [5.41, 5.74) is 0.296. The van der Waals surface area contributed by atoms with Gasteiger partial charge in [0.05, 0.1) is 11.7 Å². The standard InChI is InChI=1S/C11H14ClN3O2/c12-10-9(6-16)11(15-7-14-10)13-5-8-3-1-2-4-17-8/h6-8H,1-5H2,(H,13,14,15). The number of aldehydes is 1. The second-order valence-corrected chi connectivity index (χ2v) is 4.27. The van der Waals surface area contributed by atoms with E-state index in [1.807, 2.05) is 0 Å². The lowest BCUT2D eigenvalue weighted by Crippen LogP contribution is -2.27. The summed E-state index contributed by atoms with van der Waals surface area (Å²) in [4.78, 5) is 18.6. The van der Waals surface area contributed by atoms with E-state index in [0.29, 0.717) is 24.2 Å². The van der Waals surface area contributed by atoms with E-state index in [9.17, 15) is 4.79 Å². The number of carbonyl (C=O) groups excluding carboxylic acids is 1. The summed E-state index contributed by atoms with van der Waals surface area (Å²) in [5, 5.41) is 3.25. The summed E-state index contributed by atoms with van der Waals surface area (Å²) in [5.74, 6) is 0.467. The summed E-state index contributed by atoms with van der Waals surface area (Å²) >= 11 is 5.80. The topological polar surface area (TPSA) is 64.1 Å². The van der Waals surface area contributed by atoms with E-state index in [1.54, 1.807) is 0 Å². The molecular formula is C11H14ClN3O2. The molecule has 2 heterocycles. The van der Waals surface area contributed by atoms with E-state index in [1.165, 1.54) is 12.7 Å². The van der Waals surface area contributed by atoms with Gasteiger partial charge in [-0.1, -0.05) is 11.6 Å². The van der Waals surface area contributed by atoms with Crippen LogP contribution in [0.25, 0.3) is 0 Å². The van der Waals surface area contributed by atoms with Crippen LogP contribution in [0.15, 0.2) is 6.33 Å². The molecule has 0 spiro atoms. The zero-order valence-electron chi connectivity index (χ0n) is 9.36. The van der Waals surface area contributed by atoms with Crippen molar-refractivity contribution in [2.45, 2.75) is 25.4 Å². The molecule has 5 nitrogen and oxygen atoms in total.